The fraction of sp³-hybridized carbons (Fsp3) is 0.400. The van der Waals surface area contributed by atoms with Crippen LogP contribution in [0.4, 0.5) is 5.82 Å². The Morgan fingerprint density at radius 2 is 2.21 bits per heavy atom. The van der Waals surface area contributed by atoms with E-state index in [4.69, 9.17) is 10.5 Å². The van der Waals surface area contributed by atoms with E-state index in [1.54, 1.807) is 0 Å². The molecule has 0 aliphatic carbocycles. The normalized spacial score (nSPS) is 27.9. The third kappa shape index (κ3) is 2.42. The number of nitrogens with zero attached hydrogens (tertiary/aromatic N) is 4. The van der Waals surface area contributed by atoms with Gasteiger partial charge >= 0.3 is 0 Å². The number of ether oxygens (including phenoxy) is 1. The van der Waals surface area contributed by atoms with E-state index in [9.17, 15) is 20.6 Å². The molecule has 0 bridgehead atoms. The van der Waals surface area contributed by atoms with Crippen LogP contribution in [0.2, 0.25) is 0 Å². The SMILES string of the molecule is C=CCC(O)[C@H]1O[C@@H](n2cc(C#N)c3c(N)ncnc32)[C@H](O)[C@@H]1O. The van der Waals surface area contributed by atoms with E-state index in [2.05, 4.69) is 16.5 Å². The maximum atomic E-state index is 10.3. The van der Waals surface area contributed by atoms with Crippen molar-refractivity contribution in [2.24, 2.45) is 0 Å². The average molecular weight is 331 g/mol. The quantitative estimate of drug-likeness (QED) is 0.544. The lowest BCUT2D eigenvalue weighted by Gasteiger charge is -2.19. The van der Waals surface area contributed by atoms with Crippen LogP contribution in [-0.4, -0.2) is 54.3 Å². The summed E-state index contributed by atoms with van der Waals surface area (Å²) in [4.78, 5) is 7.95. The number of aliphatic hydroxyl groups is 3. The number of nitrogen functional groups attached to an aromatic ring is 1. The summed E-state index contributed by atoms with van der Waals surface area (Å²) < 4.78 is 7.06. The Bertz CT molecular complexity index is 814. The van der Waals surface area contributed by atoms with Gasteiger partial charge in [0.1, 0.15) is 42.2 Å². The van der Waals surface area contributed by atoms with Gasteiger partial charge in [0.05, 0.1) is 17.1 Å². The molecule has 0 aromatic carbocycles. The number of rotatable bonds is 4. The van der Waals surface area contributed by atoms with E-state index in [1.165, 1.54) is 23.2 Å². The molecule has 3 heterocycles. The molecule has 5 N–H and O–H groups in total. The molecule has 5 atom stereocenters. The topological polar surface area (TPSA) is 150 Å². The molecular formula is C15H17N5O4. The Labute approximate surface area is 137 Å². The summed E-state index contributed by atoms with van der Waals surface area (Å²) in [6, 6.07) is 1.99. The predicted octanol–water partition coefficient (Wildman–Crippen LogP) is -0.559. The second-order valence-electron chi connectivity index (χ2n) is 5.58. The van der Waals surface area contributed by atoms with Gasteiger partial charge in [-0.3, -0.25) is 0 Å². The Hall–Kier alpha value is -2.51. The van der Waals surface area contributed by atoms with Gasteiger partial charge in [-0.2, -0.15) is 5.26 Å². The first-order valence-electron chi connectivity index (χ1n) is 7.31. The summed E-state index contributed by atoms with van der Waals surface area (Å²) in [6.07, 6.45) is -1.29. The lowest BCUT2D eigenvalue weighted by Crippen LogP contribution is -2.38. The molecule has 9 heteroatoms. The fourth-order valence-corrected chi connectivity index (χ4v) is 2.93. The number of aliphatic hydroxyl groups excluding tert-OH is 3. The van der Waals surface area contributed by atoms with Gasteiger partial charge in [-0.1, -0.05) is 6.08 Å². The van der Waals surface area contributed by atoms with Crippen molar-refractivity contribution >= 4 is 16.9 Å². The number of nitriles is 1. The van der Waals surface area contributed by atoms with Gasteiger partial charge in [-0.25, -0.2) is 9.97 Å². The van der Waals surface area contributed by atoms with Crippen LogP contribution in [0.5, 0.6) is 0 Å². The van der Waals surface area contributed by atoms with Crippen LogP contribution >= 0.6 is 0 Å². The molecule has 1 aliphatic heterocycles. The summed E-state index contributed by atoms with van der Waals surface area (Å²) in [5, 5.41) is 40.1. The molecule has 9 nitrogen and oxygen atoms in total. The molecule has 1 unspecified atom stereocenters. The van der Waals surface area contributed by atoms with E-state index in [0.29, 0.717) is 11.0 Å². The van der Waals surface area contributed by atoms with Crippen molar-refractivity contribution < 1.29 is 20.1 Å². The van der Waals surface area contributed by atoms with Crippen LogP contribution in [0.15, 0.2) is 25.2 Å². The highest BCUT2D eigenvalue weighted by Gasteiger charge is 2.47. The molecule has 0 spiro atoms. The minimum absolute atomic E-state index is 0.131. The lowest BCUT2D eigenvalue weighted by molar-refractivity contribution is -0.0820. The van der Waals surface area contributed by atoms with Crippen molar-refractivity contribution in [3.8, 4) is 6.07 Å². The van der Waals surface area contributed by atoms with Crippen molar-refractivity contribution in [3.63, 3.8) is 0 Å². The highest BCUT2D eigenvalue weighted by molar-refractivity contribution is 5.91. The zero-order chi connectivity index (χ0) is 17.4. The molecule has 0 radical (unpaired) electrons. The third-order valence-corrected chi connectivity index (χ3v) is 4.10. The minimum Gasteiger partial charge on any atom is -0.390 e. The van der Waals surface area contributed by atoms with Gasteiger partial charge < -0.3 is 30.4 Å². The second kappa shape index (κ2) is 6.18. The highest BCUT2D eigenvalue weighted by atomic mass is 16.6. The zero-order valence-electron chi connectivity index (χ0n) is 12.6. The monoisotopic (exact) mass is 331 g/mol. The van der Waals surface area contributed by atoms with Gasteiger partial charge in [0.2, 0.25) is 0 Å². The first-order valence-corrected chi connectivity index (χ1v) is 7.31. The van der Waals surface area contributed by atoms with Crippen LogP contribution in [0.1, 0.15) is 18.2 Å². The zero-order valence-corrected chi connectivity index (χ0v) is 12.6. The van der Waals surface area contributed by atoms with Gasteiger partial charge in [-0.05, 0) is 6.42 Å². The molecule has 2 aromatic rings. The van der Waals surface area contributed by atoms with E-state index >= 15 is 0 Å². The first kappa shape index (κ1) is 16.4. The Morgan fingerprint density at radius 1 is 1.46 bits per heavy atom. The largest absolute Gasteiger partial charge is 0.390 e. The fourth-order valence-electron chi connectivity index (χ4n) is 2.93. The van der Waals surface area contributed by atoms with Crippen LogP contribution in [-0.2, 0) is 4.74 Å². The molecule has 2 aromatic heterocycles. The molecule has 1 saturated heterocycles. The molecule has 0 amide bonds. The Balaban J connectivity index is 2.04. The van der Waals surface area contributed by atoms with Crippen LogP contribution in [0, 0.1) is 11.3 Å². The second-order valence-corrected chi connectivity index (χ2v) is 5.58. The van der Waals surface area contributed by atoms with Crippen molar-refractivity contribution in [2.45, 2.75) is 37.1 Å². The molecule has 1 fully saturated rings. The summed E-state index contributed by atoms with van der Waals surface area (Å²) in [6.45, 7) is 3.53. The molecular weight excluding hydrogens is 314 g/mol. The van der Waals surface area contributed by atoms with Crippen molar-refractivity contribution in [2.75, 3.05) is 5.73 Å². The van der Waals surface area contributed by atoms with Crippen molar-refractivity contribution in [1.82, 2.24) is 14.5 Å². The number of hydrogen-bond donors (Lipinski definition) is 4. The van der Waals surface area contributed by atoms with E-state index in [-0.39, 0.29) is 17.8 Å². The number of nitrogens with two attached hydrogens (primary N) is 1. The van der Waals surface area contributed by atoms with Crippen LogP contribution in [0.25, 0.3) is 11.0 Å². The Morgan fingerprint density at radius 3 is 2.88 bits per heavy atom. The molecule has 24 heavy (non-hydrogen) atoms. The summed E-state index contributed by atoms with van der Waals surface area (Å²) in [5.74, 6) is 0.131. The van der Waals surface area contributed by atoms with Gasteiger partial charge in [-0.15, -0.1) is 6.58 Å². The Kier molecular flexibility index (Phi) is 4.21. The summed E-state index contributed by atoms with van der Waals surface area (Å²) in [7, 11) is 0. The highest BCUT2D eigenvalue weighted by Crippen LogP contribution is 2.35. The molecule has 1 aliphatic rings. The molecule has 126 valence electrons. The lowest BCUT2D eigenvalue weighted by atomic mass is 10.0. The first-order chi connectivity index (χ1) is 11.5. The number of aromatic nitrogens is 3. The van der Waals surface area contributed by atoms with E-state index in [0.717, 1.165) is 0 Å². The van der Waals surface area contributed by atoms with Crippen molar-refractivity contribution in [3.05, 3.63) is 30.7 Å². The maximum Gasteiger partial charge on any atom is 0.164 e. The molecule has 0 saturated carbocycles. The standard InChI is InChI=1S/C15H17N5O4/c1-2-3-8(21)12-10(22)11(23)15(24-12)20-5-7(4-16)9-13(17)18-6-19-14(9)20/h2,5-6,8,10-12,15,21-23H,1,3H2,(H2,17,18,19)/t8?,10-,11+,12+,15+/m0/s1. The van der Waals surface area contributed by atoms with Gasteiger partial charge in [0, 0.05) is 6.20 Å². The third-order valence-electron chi connectivity index (χ3n) is 4.10. The van der Waals surface area contributed by atoms with Crippen molar-refractivity contribution in [1.29, 1.82) is 5.26 Å². The average Bonchev–Trinajstić information content (AvgIpc) is 3.07. The smallest absolute Gasteiger partial charge is 0.164 e. The van der Waals surface area contributed by atoms with Gasteiger partial charge in [0.15, 0.2) is 6.23 Å². The summed E-state index contributed by atoms with van der Waals surface area (Å²) in [5.41, 5.74) is 6.33. The number of anilines is 1. The number of fused-ring (bicyclic) bond motifs is 1. The van der Waals surface area contributed by atoms with Crippen LogP contribution < -0.4 is 5.73 Å². The summed E-state index contributed by atoms with van der Waals surface area (Å²) >= 11 is 0. The minimum atomic E-state index is -1.31. The van der Waals surface area contributed by atoms with Crippen LogP contribution in [0.3, 0.4) is 0 Å². The predicted molar refractivity (Wildman–Crippen MR) is 83.4 cm³/mol. The van der Waals surface area contributed by atoms with Gasteiger partial charge in [0.25, 0.3) is 0 Å². The van der Waals surface area contributed by atoms with E-state index < -0.39 is 30.6 Å². The maximum absolute atomic E-state index is 10.3. The number of hydrogen-bond acceptors (Lipinski definition) is 8. The molecule has 3 rings (SSSR count). The van der Waals surface area contributed by atoms with E-state index in [1.807, 2.05) is 6.07 Å².